The van der Waals surface area contributed by atoms with Crippen molar-refractivity contribution in [2.75, 3.05) is 19.0 Å². The highest BCUT2D eigenvalue weighted by atomic mass is 32.1. The number of amides is 2. The Morgan fingerprint density at radius 1 is 1.29 bits per heavy atom. The molecule has 2 aromatic carbocycles. The van der Waals surface area contributed by atoms with Gasteiger partial charge in [-0.1, -0.05) is 25.1 Å². The molecule has 0 aliphatic carbocycles. The Balaban J connectivity index is 1.64. The number of aliphatic imine (C=N–C) groups is 1. The van der Waals surface area contributed by atoms with Gasteiger partial charge in [0.25, 0.3) is 0 Å². The lowest BCUT2D eigenvalue weighted by molar-refractivity contribution is 0.165. The van der Waals surface area contributed by atoms with Crippen LogP contribution in [0.5, 0.6) is 0 Å². The largest absolute Gasteiger partial charge is 0.383 e. The van der Waals surface area contributed by atoms with Crippen LogP contribution in [0.15, 0.2) is 47.5 Å². The maximum atomic E-state index is 12.4. The number of carbonyl (C=O) groups is 1. The summed E-state index contributed by atoms with van der Waals surface area (Å²) in [6.07, 6.45) is 2.69. The van der Waals surface area contributed by atoms with Crippen molar-refractivity contribution in [1.82, 2.24) is 5.32 Å². The molecule has 0 radical (unpaired) electrons. The van der Waals surface area contributed by atoms with Crippen LogP contribution in [0, 0.1) is 0 Å². The topological polar surface area (TPSA) is 62.7 Å². The lowest BCUT2D eigenvalue weighted by atomic mass is 10.0. The second-order valence-electron chi connectivity index (χ2n) is 6.87. The molecule has 144 valence electrons. The van der Waals surface area contributed by atoms with Crippen LogP contribution in [0.25, 0.3) is 20.5 Å². The van der Waals surface area contributed by atoms with E-state index in [0.29, 0.717) is 13.2 Å². The summed E-state index contributed by atoms with van der Waals surface area (Å²) in [4.78, 5) is 18.1. The predicted molar refractivity (Wildman–Crippen MR) is 117 cm³/mol. The number of carbonyl (C=O) groups excluding carboxylic acids is 1. The molecule has 0 fully saturated rings. The summed E-state index contributed by atoms with van der Waals surface area (Å²) in [5.74, 6) is 0. The minimum atomic E-state index is -0.221. The normalized spacial score (nSPS) is 13.5. The van der Waals surface area contributed by atoms with Crippen molar-refractivity contribution in [3.05, 3.63) is 53.6 Å². The molecule has 0 saturated carbocycles. The molecule has 2 amide bonds. The summed E-state index contributed by atoms with van der Waals surface area (Å²) in [6.45, 7) is 3.19. The fraction of sp³-hybridized carbons (Fsp3) is 0.273. The van der Waals surface area contributed by atoms with E-state index in [1.807, 2.05) is 19.2 Å². The first-order valence-electron chi connectivity index (χ1n) is 9.40. The number of anilines is 1. The van der Waals surface area contributed by atoms with Crippen LogP contribution in [0.3, 0.4) is 0 Å². The van der Waals surface area contributed by atoms with Crippen LogP contribution in [-0.2, 0) is 11.3 Å². The lowest BCUT2D eigenvalue weighted by Crippen LogP contribution is -2.40. The Morgan fingerprint density at radius 3 is 2.93 bits per heavy atom. The Labute approximate surface area is 168 Å². The van der Waals surface area contributed by atoms with E-state index in [-0.39, 0.29) is 12.1 Å². The Morgan fingerprint density at radius 2 is 2.14 bits per heavy atom. The third kappa shape index (κ3) is 3.79. The molecule has 0 spiro atoms. The number of hydrogen-bond acceptors (Lipinski definition) is 4. The summed E-state index contributed by atoms with van der Waals surface area (Å²) in [7, 11) is 1.64. The first-order valence-corrected chi connectivity index (χ1v) is 10.2. The molecule has 1 aliphatic rings. The molecular formula is C22H23N3O2S. The van der Waals surface area contributed by atoms with Crippen molar-refractivity contribution in [2.45, 2.75) is 25.9 Å². The van der Waals surface area contributed by atoms with Crippen molar-refractivity contribution in [1.29, 1.82) is 0 Å². The monoisotopic (exact) mass is 393 g/mol. The van der Waals surface area contributed by atoms with Gasteiger partial charge in [-0.25, -0.2) is 4.79 Å². The van der Waals surface area contributed by atoms with Gasteiger partial charge in [0.1, 0.15) is 0 Å². The van der Waals surface area contributed by atoms with Crippen molar-refractivity contribution in [3.63, 3.8) is 0 Å². The Kier molecular flexibility index (Phi) is 5.41. The molecule has 3 aromatic rings. The van der Waals surface area contributed by atoms with E-state index >= 15 is 0 Å². The highest BCUT2D eigenvalue weighted by Crippen LogP contribution is 2.38. The van der Waals surface area contributed by atoms with Crippen LogP contribution in [-0.4, -0.2) is 32.0 Å². The molecule has 1 aliphatic heterocycles. The summed E-state index contributed by atoms with van der Waals surface area (Å²) in [5, 5.41) is 7.17. The van der Waals surface area contributed by atoms with Crippen LogP contribution < -0.4 is 10.6 Å². The molecule has 0 bridgehead atoms. The van der Waals surface area contributed by atoms with Gasteiger partial charge in [0, 0.05) is 34.2 Å². The van der Waals surface area contributed by atoms with Gasteiger partial charge in [-0.15, -0.1) is 11.3 Å². The van der Waals surface area contributed by atoms with Gasteiger partial charge >= 0.3 is 6.03 Å². The van der Waals surface area contributed by atoms with Gasteiger partial charge < -0.3 is 15.4 Å². The minimum absolute atomic E-state index is 0.0111. The SMILES string of the molecule is CCC(COC)NC(=O)Nc1cc2c(c(-c3cc4ccccc4s3)c1)CN=C2. The average molecular weight is 394 g/mol. The number of urea groups is 1. The zero-order valence-corrected chi connectivity index (χ0v) is 16.8. The second-order valence-corrected chi connectivity index (χ2v) is 7.95. The number of hydrogen-bond donors (Lipinski definition) is 2. The summed E-state index contributed by atoms with van der Waals surface area (Å²) in [6, 6.07) is 14.4. The zero-order valence-electron chi connectivity index (χ0n) is 16.0. The van der Waals surface area contributed by atoms with Gasteiger partial charge in [-0.2, -0.15) is 0 Å². The highest BCUT2D eigenvalue weighted by Gasteiger charge is 2.18. The van der Waals surface area contributed by atoms with E-state index in [4.69, 9.17) is 4.74 Å². The van der Waals surface area contributed by atoms with E-state index in [2.05, 4.69) is 52.0 Å². The van der Waals surface area contributed by atoms with Gasteiger partial charge in [-0.05, 0) is 47.2 Å². The van der Waals surface area contributed by atoms with Crippen LogP contribution in [0.4, 0.5) is 10.5 Å². The smallest absolute Gasteiger partial charge is 0.319 e. The number of benzene rings is 2. The van der Waals surface area contributed by atoms with Gasteiger partial charge in [0.2, 0.25) is 0 Å². The quantitative estimate of drug-likeness (QED) is 0.616. The number of nitrogens with one attached hydrogen (secondary N) is 2. The Hall–Kier alpha value is -2.70. The second kappa shape index (κ2) is 8.12. The van der Waals surface area contributed by atoms with E-state index in [1.54, 1.807) is 18.4 Å². The van der Waals surface area contributed by atoms with Crippen molar-refractivity contribution < 1.29 is 9.53 Å². The number of nitrogens with zero attached hydrogens (tertiary/aromatic N) is 1. The van der Waals surface area contributed by atoms with Crippen LogP contribution in [0.2, 0.25) is 0 Å². The molecule has 6 heteroatoms. The van der Waals surface area contributed by atoms with Crippen LogP contribution >= 0.6 is 11.3 Å². The van der Waals surface area contributed by atoms with E-state index in [9.17, 15) is 4.79 Å². The molecule has 4 rings (SSSR count). The predicted octanol–water partition coefficient (Wildman–Crippen LogP) is 5.05. The molecule has 1 atom stereocenters. The molecule has 0 saturated heterocycles. The molecule has 1 unspecified atom stereocenters. The third-order valence-corrected chi connectivity index (χ3v) is 6.06. The third-order valence-electron chi connectivity index (χ3n) is 4.91. The average Bonchev–Trinajstić information content (AvgIpc) is 3.33. The number of methoxy groups -OCH3 is 1. The zero-order chi connectivity index (χ0) is 19.5. The summed E-state index contributed by atoms with van der Waals surface area (Å²) in [5.41, 5.74) is 4.18. The van der Waals surface area contributed by atoms with E-state index in [1.165, 1.54) is 20.5 Å². The van der Waals surface area contributed by atoms with E-state index in [0.717, 1.165) is 23.2 Å². The molecule has 5 nitrogen and oxygen atoms in total. The van der Waals surface area contributed by atoms with Crippen molar-refractivity contribution in [3.8, 4) is 10.4 Å². The fourth-order valence-electron chi connectivity index (χ4n) is 3.44. The van der Waals surface area contributed by atoms with Crippen molar-refractivity contribution in [2.24, 2.45) is 4.99 Å². The molecule has 28 heavy (non-hydrogen) atoms. The van der Waals surface area contributed by atoms with Gasteiger partial charge in [-0.3, -0.25) is 4.99 Å². The van der Waals surface area contributed by atoms with E-state index < -0.39 is 0 Å². The standard InChI is InChI=1S/C22H23N3O2S/c1-3-16(13-27-2)24-22(26)25-17-8-15-11-23-12-19(15)18(10-17)21-9-14-6-4-5-7-20(14)28-21/h4-11,16H,3,12-13H2,1-2H3,(H2,24,25,26). The Bertz CT molecular complexity index is 1010. The van der Waals surface area contributed by atoms with Crippen LogP contribution in [0.1, 0.15) is 24.5 Å². The maximum Gasteiger partial charge on any atom is 0.319 e. The number of rotatable bonds is 6. The first-order chi connectivity index (χ1) is 13.7. The molecule has 2 heterocycles. The summed E-state index contributed by atoms with van der Waals surface area (Å²) >= 11 is 1.76. The minimum Gasteiger partial charge on any atom is -0.383 e. The van der Waals surface area contributed by atoms with Gasteiger partial charge in [0.05, 0.1) is 19.2 Å². The molecule has 2 N–H and O–H groups in total. The number of thiophene rings is 1. The number of fused-ring (bicyclic) bond motifs is 2. The first kappa shape index (κ1) is 18.7. The van der Waals surface area contributed by atoms with Gasteiger partial charge in [0.15, 0.2) is 0 Å². The maximum absolute atomic E-state index is 12.4. The molecule has 1 aromatic heterocycles. The fourth-order valence-corrected chi connectivity index (χ4v) is 4.55. The van der Waals surface area contributed by atoms with Crippen molar-refractivity contribution >= 4 is 39.4 Å². The summed E-state index contributed by atoms with van der Waals surface area (Å²) < 4.78 is 6.41. The highest BCUT2D eigenvalue weighted by molar-refractivity contribution is 7.22. The number of ether oxygens (including phenoxy) is 1. The molecular weight excluding hydrogens is 370 g/mol. The lowest BCUT2D eigenvalue weighted by Gasteiger charge is -2.17.